The van der Waals surface area contributed by atoms with Crippen molar-refractivity contribution in [2.45, 2.75) is 13.3 Å². The number of rotatable bonds is 1. The topological polar surface area (TPSA) is 66.6 Å². The molecule has 0 unspecified atom stereocenters. The van der Waals surface area contributed by atoms with Gasteiger partial charge in [0.05, 0.1) is 11.9 Å². The average Bonchev–Trinajstić information content (AvgIpc) is 2.19. The number of hydrogen-bond acceptors (Lipinski definition) is 4. The van der Waals surface area contributed by atoms with E-state index in [1.807, 2.05) is 0 Å². The molecule has 0 aliphatic rings. The number of carbonyl (C=O) groups is 1. The zero-order valence-corrected chi connectivity index (χ0v) is 7.32. The summed E-state index contributed by atoms with van der Waals surface area (Å²) in [5, 5.41) is 7.26. The summed E-state index contributed by atoms with van der Waals surface area (Å²) in [5.41, 5.74) is 0.370. The highest BCUT2D eigenvalue weighted by atomic mass is 19.3. The highest BCUT2D eigenvalue weighted by Gasteiger charge is 2.06. The molecule has 4 nitrogen and oxygen atoms in total. The van der Waals surface area contributed by atoms with E-state index in [9.17, 15) is 8.78 Å². The first-order valence-electron chi connectivity index (χ1n) is 3.51. The second-order valence-electron chi connectivity index (χ2n) is 2.13. The van der Waals surface area contributed by atoms with Gasteiger partial charge in [-0.25, -0.2) is 8.78 Å². The van der Waals surface area contributed by atoms with Crippen LogP contribution in [0.25, 0.3) is 0 Å². The number of halogens is 2. The van der Waals surface area contributed by atoms with E-state index >= 15 is 0 Å². The largest absolute Gasteiger partial charge is 0.286 e. The third-order valence-corrected chi connectivity index (χ3v) is 1.08. The lowest BCUT2D eigenvalue weighted by molar-refractivity contribution is -0.103. The van der Waals surface area contributed by atoms with Crippen LogP contribution in [0.3, 0.4) is 0 Å². The SMILES string of the molecule is Cc1cnc(C(F)F)cn1.N#CC=O. The smallest absolute Gasteiger partial charge is 0.281 e. The van der Waals surface area contributed by atoms with E-state index in [0.29, 0.717) is 5.69 Å². The molecule has 0 aliphatic heterocycles. The Balaban J connectivity index is 0.000000364. The van der Waals surface area contributed by atoms with Crippen molar-refractivity contribution in [1.29, 1.82) is 5.26 Å². The predicted octanol–water partition coefficient (Wildman–Crippen LogP) is 1.43. The Kier molecular flexibility index (Phi) is 5.70. The van der Waals surface area contributed by atoms with E-state index in [1.165, 1.54) is 12.3 Å². The fraction of sp³-hybridized carbons (Fsp3) is 0.250. The summed E-state index contributed by atoms with van der Waals surface area (Å²) < 4.78 is 23.6. The van der Waals surface area contributed by atoms with Crippen molar-refractivity contribution in [3.63, 3.8) is 0 Å². The molecule has 0 saturated heterocycles. The molecule has 1 aromatic rings. The molecule has 0 radical (unpaired) electrons. The van der Waals surface area contributed by atoms with Gasteiger partial charge in [-0.15, -0.1) is 0 Å². The van der Waals surface area contributed by atoms with Gasteiger partial charge in [0.1, 0.15) is 11.8 Å². The number of aromatic nitrogens is 2. The molecule has 0 bridgehead atoms. The van der Waals surface area contributed by atoms with Crippen LogP contribution < -0.4 is 0 Å². The first-order valence-corrected chi connectivity index (χ1v) is 3.51. The van der Waals surface area contributed by atoms with Gasteiger partial charge in [0.2, 0.25) is 6.29 Å². The summed E-state index contributed by atoms with van der Waals surface area (Å²) in [6, 6.07) is 1.25. The molecule has 1 aromatic heterocycles. The van der Waals surface area contributed by atoms with Crippen LogP contribution in [0.1, 0.15) is 17.8 Å². The van der Waals surface area contributed by atoms with Gasteiger partial charge in [-0.05, 0) is 6.92 Å². The van der Waals surface area contributed by atoms with Gasteiger partial charge in [0.15, 0.2) is 0 Å². The van der Waals surface area contributed by atoms with Gasteiger partial charge in [-0.3, -0.25) is 14.8 Å². The number of nitriles is 1. The van der Waals surface area contributed by atoms with Crippen LogP contribution >= 0.6 is 0 Å². The Morgan fingerprint density at radius 2 is 2.07 bits per heavy atom. The molecule has 0 aliphatic carbocycles. The van der Waals surface area contributed by atoms with Gasteiger partial charge >= 0.3 is 0 Å². The molecule has 0 saturated carbocycles. The summed E-state index contributed by atoms with van der Waals surface area (Å²) in [4.78, 5) is 15.9. The predicted molar refractivity (Wildman–Crippen MR) is 43.4 cm³/mol. The molecule has 1 heterocycles. The first kappa shape index (κ1) is 12.1. The quantitative estimate of drug-likeness (QED) is 0.506. The second-order valence-corrected chi connectivity index (χ2v) is 2.13. The van der Waals surface area contributed by atoms with Gasteiger partial charge in [-0.2, -0.15) is 5.26 Å². The van der Waals surface area contributed by atoms with Crippen molar-refractivity contribution < 1.29 is 13.6 Å². The van der Waals surface area contributed by atoms with Crippen LogP contribution in [0.15, 0.2) is 12.4 Å². The first-order chi connectivity index (χ1) is 6.61. The monoisotopic (exact) mass is 199 g/mol. The van der Waals surface area contributed by atoms with E-state index in [4.69, 9.17) is 10.1 Å². The minimum absolute atomic E-state index is 0.181. The van der Waals surface area contributed by atoms with Gasteiger partial charge in [0, 0.05) is 6.20 Å². The number of hydrogen-bond donors (Lipinski definition) is 0. The van der Waals surface area contributed by atoms with E-state index in [1.54, 1.807) is 6.92 Å². The van der Waals surface area contributed by atoms with E-state index in [2.05, 4.69) is 9.97 Å². The molecule has 0 spiro atoms. The van der Waals surface area contributed by atoms with Crippen molar-refractivity contribution in [1.82, 2.24) is 9.97 Å². The Morgan fingerprint density at radius 1 is 1.50 bits per heavy atom. The highest BCUT2D eigenvalue weighted by molar-refractivity contribution is 5.68. The highest BCUT2D eigenvalue weighted by Crippen LogP contribution is 2.13. The lowest BCUT2D eigenvalue weighted by atomic mass is 10.4. The van der Waals surface area contributed by atoms with Crippen LogP contribution in [-0.4, -0.2) is 16.3 Å². The summed E-state index contributed by atoms with van der Waals surface area (Å²) in [6.07, 6.45) is 0.0645. The molecule has 74 valence electrons. The zero-order valence-electron chi connectivity index (χ0n) is 7.32. The minimum Gasteiger partial charge on any atom is -0.286 e. The van der Waals surface area contributed by atoms with Crippen LogP contribution in [-0.2, 0) is 4.79 Å². The summed E-state index contributed by atoms with van der Waals surface area (Å²) in [6.45, 7) is 1.70. The Bertz CT molecular complexity index is 318. The number of nitrogens with zero attached hydrogens (tertiary/aromatic N) is 3. The normalized spacial score (nSPS) is 8.50. The maximum Gasteiger partial charge on any atom is 0.281 e. The maximum atomic E-state index is 11.8. The van der Waals surface area contributed by atoms with Gasteiger partial charge < -0.3 is 0 Å². The molecular weight excluding hydrogens is 192 g/mol. The van der Waals surface area contributed by atoms with Crippen LogP contribution in [0.5, 0.6) is 0 Å². The number of carbonyl (C=O) groups excluding carboxylic acids is 1. The van der Waals surface area contributed by atoms with Crippen molar-refractivity contribution in [2.24, 2.45) is 0 Å². The molecule has 0 N–H and O–H groups in total. The fourth-order valence-electron chi connectivity index (χ4n) is 0.515. The third kappa shape index (κ3) is 4.87. The lowest BCUT2D eigenvalue weighted by Crippen LogP contribution is -1.91. The van der Waals surface area contributed by atoms with Crippen molar-refractivity contribution in [3.05, 3.63) is 23.8 Å². The van der Waals surface area contributed by atoms with Crippen molar-refractivity contribution in [3.8, 4) is 6.07 Å². The average molecular weight is 199 g/mol. The molecule has 0 atom stereocenters. The molecule has 14 heavy (non-hydrogen) atoms. The zero-order chi connectivity index (χ0) is 11.0. The summed E-state index contributed by atoms with van der Waals surface area (Å²) >= 11 is 0. The van der Waals surface area contributed by atoms with Crippen LogP contribution in [0.2, 0.25) is 0 Å². The minimum atomic E-state index is -2.52. The lowest BCUT2D eigenvalue weighted by Gasteiger charge is -1.95. The Morgan fingerprint density at radius 3 is 2.36 bits per heavy atom. The number of aryl methyl sites for hydroxylation is 1. The van der Waals surface area contributed by atoms with E-state index in [0.717, 1.165) is 6.20 Å². The molecular formula is C8H7F2N3O. The molecule has 0 amide bonds. The Hall–Kier alpha value is -1.90. The van der Waals surface area contributed by atoms with Crippen molar-refractivity contribution in [2.75, 3.05) is 0 Å². The fourth-order valence-corrected chi connectivity index (χ4v) is 0.515. The van der Waals surface area contributed by atoms with Gasteiger partial charge in [0.25, 0.3) is 6.43 Å². The maximum absolute atomic E-state index is 11.8. The van der Waals surface area contributed by atoms with E-state index < -0.39 is 6.43 Å². The molecule has 0 fully saturated rings. The van der Waals surface area contributed by atoms with E-state index in [-0.39, 0.29) is 12.0 Å². The third-order valence-electron chi connectivity index (χ3n) is 1.08. The second kappa shape index (κ2) is 6.60. The summed E-state index contributed by atoms with van der Waals surface area (Å²) in [7, 11) is 0. The standard InChI is InChI=1S/C6H6F2N2.C2HNO/c1-4-2-10-5(3-9-4)6(7)8;3-1-2-4/h2-3,6H,1H3;2H. The Labute approximate surface area is 79.2 Å². The van der Waals surface area contributed by atoms with Crippen LogP contribution in [0, 0.1) is 18.3 Å². The van der Waals surface area contributed by atoms with Crippen molar-refractivity contribution >= 4 is 6.29 Å². The summed E-state index contributed by atoms with van der Waals surface area (Å²) in [5.74, 6) is 0. The van der Waals surface area contributed by atoms with Gasteiger partial charge in [-0.1, -0.05) is 0 Å². The number of aldehydes is 1. The molecule has 0 aromatic carbocycles. The molecule has 1 rings (SSSR count). The van der Waals surface area contributed by atoms with Crippen LogP contribution in [0.4, 0.5) is 8.78 Å². The number of alkyl halides is 2. The molecule has 6 heteroatoms.